The number of piperazine rings is 1. The van der Waals surface area contributed by atoms with Crippen LogP contribution in [0.1, 0.15) is 46.2 Å². The van der Waals surface area contributed by atoms with Gasteiger partial charge in [0.1, 0.15) is 11.6 Å². The Morgan fingerprint density at radius 3 is 2.61 bits per heavy atom. The first-order valence-corrected chi connectivity index (χ1v) is 15.6. The van der Waals surface area contributed by atoms with Crippen LogP contribution in [0.2, 0.25) is 0 Å². The number of para-hydroxylation sites is 1. The van der Waals surface area contributed by atoms with Gasteiger partial charge in [-0.25, -0.2) is 9.97 Å². The quantitative estimate of drug-likeness (QED) is 0.265. The lowest BCUT2D eigenvalue weighted by Crippen LogP contribution is -2.47. The lowest BCUT2D eigenvalue weighted by atomic mass is 9.94. The number of hydrogen-bond donors (Lipinski definition) is 1. The van der Waals surface area contributed by atoms with Gasteiger partial charge in [0.15, 0.2) is 0 Å². The van der Waals surface area contributed by atoms with Gasteiger partial charge in [-0.05, 0) is 97.6 Å². The molecule has 1 N–H and O–H groups in total. The summed E-state index contributed by atoms with van der Waals surface area (Å²) in [6.45, 7) is 8.82. The third kappa shape index (κ3) is 6.46. The summed E-state index contributed by atoms with van der Waals surface area (Å²) in [5.74, 6) is 1.83. The molecule has 0 radical (unpaired) electrons. The van der Waals surface area contributed by atoms with E-state index >= 15 is 0 Å². The number of pyridine rings is 1. The Hall–Kier alpha value is -2.91. The summed E-state index contributed by atoms with van der Waals surface area (Å²) < 4.78 is 1.06. The Labute approximate surface area is 252 Å². The van der Waals surface area contributed by atoms with Crippen molar-refractivity contribution in [1.82, 2.24) is 29.7 Å². The van der Waals surface area contributed by atoms with E-state index in [4.69, 9.17) is 15.0 Å². The lowest BCUT2D eigenvalue weighted by Gasteiger charge is -2.39. The number of benzene rings is 2. The van der Waals surface area contributed by atoms with Crippen molar-refractivity contribution in [2.45, 2.75) is 38.8 Å². The largest absolute Gasteiger partial charge is 0.369 e. The summed E-state index contributed by atoms with van der Waals surface area (Å²) in [6, 6.07) is 17.8. The van der Waals surface area contributed by atoms with Crippen molar-refractivity contribution in [3.8, 4) is 0 Å². The average Bonchev–Trinajstić information content (AvgIpc) is 3.12. The first-order valence-electron chi connectivity index (χ1n) is 14.8. The molecule has 4 aromatic rings. The fraction of sp³-hybridized carbons (Fsp3) is 0.424. The van der Waals surface area contributed by atoms with Gasteiger partial charge in [0.2, 0.25) is 0 Å². The van der Waals surface area contributed by atoms with Crippen molar-refractivity contribution in [1.29, 1.82) is 0 Å². The molecule has 214 valence electrons. The predicted octanol–water partition coefficient (Wildman–Crippen LogP) is 5.47. The molecule has 41 heavy (non-hydrogen) atoms. The molecule has 1 atom stereocenters. The van der Waals surface area contributed by atoms with Crippen molar-refractivity contribution in [2.24, 2.45) is 0 Å². The van der Waals surface area contributed by atoms with Gasteiger partial charge in [0.25, 0.3) is 0 Å². The molecule has 1 aliphatic heterocycles. The molecule has 8 heteroatoms. The highest BCUT2D eigenvalue weighted by atomic mass is 79.9. The Morgan fingerprint density at radius 1 is 0.976 bits per heavy atom. The second kappa shape index (κ2) is 12.5. The molecule has 0 bridgehead atoms. The van der Waals surface area contributed by atoms with Crippen LogP contribution >= 0.6 is 15.9 Å². The predicted molar refractivity (Wildman–Crippen MR) is 170 cm³/mol. The highest BCUT2D eigenvalue weighted by Gasteiger charge is 2.32. The van der Waals surface area contributed by atoms with Crippen LogP contribution in [0.5, 0.6) is 0 Å². The fourth-order valence-electron chi connectivity index (χ4n) is 6.25. The van der Waals surface area contributed by atoms with E-state index in [1.807, 2.05) is 6.20 Å². The molecule has 2 aromatic heterocycles. The molecule has 2 aliphatic rings. The van der Waals surface area contributed by atoms with E-state index in [0.717, 1.165) is 92.1 Å². The molecule has 7 nitrogen and oxygen atoms in total. The van der Waals surface area contributed by atoms with E-state index in [2.05, 4.69) is 105 Å². The molecule has 2 aromatic carbocycles. The lowest BCUT2D eigenvalue weighted by molar-refractivity contribution is 0.101. The zero-order valence-electron chi connectivity index (χ0n) is 24.4. The van der Waals surface area contributed by atoms with Gasteiger partial charge in [0.05, 0.1) is 23.8 Å². The van der Waals surface area contributed by atoms with Crippen LogP contribution in [0.3, 0.4) is 0 Å². The molecule has 0 spiro atoms. The van der Waals surface area contributed by atoms with Gasteiger partial charge >= 0.3 is 0 Å². The fourth-order valence-corrected chi connectivity index (χ4v) is 6.63. The van der Waals surface area contributed by atoms with Crippen LogP contribution in [-0.4, -0.2) is 83.0 Å². The first-order chi connectivity index (χ1) is 19.9. The first kappa shape index (κ1) is 28.2. The minimum Gasteiger partial charge on any atom is -0.369 e. The topological polar surface area (TPSA) is 60.4 Å². The number of hydrogen-bond acceptors (Lipinski definition) is 7. The van der Waals surface area contributed by atoms with E-state index in [9.17, 15) is 0 Å². The molecule has 1 aliphatic carbocycles. The smallest absolute Gasteiger partial charge is 0.145 e. The van der Waals surface area contributed by atoms with Crippen molar-refractivity contribution >= 4 is 32.7 Å². The van der Waals surface area contributed by atoms with Gasteiger partial charge in [-0.3, -0.25) is 14.8 Å². The summed E-state index contributed by atoms with van der Waals surface area (Å²) in [4.78, 5) is 22.3. The second-order valence-corrected chi connectivity index (χ2v) is 12.6. The Kier molecular flexibility index (Phi) is 8.63. The summed E-state index contributed by atoms with van der Waals surface area (Å²) in [6.07, 6.45) is 5.12. The number of halogens is 1. The van der Waals surface area contributed by atoms with Crippen LogP contribution in [-0.2, 0) is 19.4 Å². The van der Waals surface area contributed by atoms with E-state index < -0.39 is 0 Å². The Morgan fingerprint density at radius 2 is 1.78 bits per heavy atom. The zero-order chi connectivity index (χ0) is 28.3. The number of rotatable bonds is 8. The standard InChI is InChI=1S/C33H40BrN7/c1-23-9-12-27-24(19-23)10-11-25-20-26(34)21-36-31(25)32(27)41-17-15-40(16-18-41)22-30-37-29-8-5-4-7-28(29)33(38-30)35-13-6-14-39(2)3/h4-5,7-9,12,19-21,32H,6,10-11,13-18,22H2,1-3H3,(H,35,37,38). The average molecular weight is 615 g/mol. The SMILES string of the molecule is Cc1ccc2c(c1)CCc1cc(Br)cnc1C2N1CCN(Cc2nc(NCCCN(C)C)c3ccccc3n2)CC1. The van der Waals surface area contributed by atoms with Gasteiger partial charge in [-0.2, -0.15) is 0 Å². The van der Waals surface area contributed by atoms with Crippen LogP contribution in [0.15, 0.2) is 59.2 Å². The number of aryl methyl sites for hydroxylation is 3. The maximum atomic E-state index is 5.00. The molecule has 3 heterocycles. The van der Waals surface area contributed by atoms with Crippen LogP contribution in [0, 0.1) is 6.92 Å². The number of fused-ring (bicyclic) bond motifs is 3. The minimum atomic E-state index is 0.188. The van der Waals surface area contributed by atoms with Crippen molar-refractivity contribution in [3.63, 3.8) is 0 Å². The van der Waals surface area contributed by atoms with E-state index in [-0.39, 0.29) is 6.04 Å². The summed E-state index contributed by atoms with van der Waals surface area (Å²) >= 11 is 3.66. The molecule has 0 amide bonds. The Balaban J connectivity index is 1.19. The minimum absolute atomic E-state index is 0.188. The second-order valence-electron chi connectivity index (χ2n) is 11.7. The highest BCUT2D eigenvalue weighted by molar-refractivity contribution is 9.10. The summed E-state index contributed by atoms with van der Waals surface area (Å²) in [5, 5.41) is 4.68. The van der Waals surface area contributed by atoms with Crippen molar-refractivity contribution < 1.29 is 0 Å². The number of nitrogens with zero attached hydrogens (tertiary/aromatic N) is 6. The van der Waals surface area contributed by atoms with Crippen LogP contribution < -0.4 is 5.32 Å². The summed E-state index contributed by atoms with van der Waals surface area (Å²) in [5.41, 5.74) is 7.78. The number of nitrogens with one attached hydrogen (secondary N) is 1. The van der Waals surface area contributed by atoms with Gasteiger partial charge in [-0.15, -0.1) is 0 Å². The van der Waals surface area contributed by atoms with Crippen molar-refractivity contribution in [3.05, 3.63) is 93.0 Å². The van der Waals surface area contributed by atoms with Crippen LogP contribution in [0.4, 0.5) is 5.82 Å². The maximum absolute atomic E-state index is 5.00. The highest BCUT2D eigenvalue weighted by Crippen LogP contribution is 2.37. The molecular formula is C33H40BrN7. The van der Waals surface area contributed by atoms with Gasteiger partial charge in [-0.1, -0.05) is 35.9 Å². The van der Waals surface area contributed by atoms with Crippen molar-refractivity contribution in [2.75, 3.05) is 58.7 Å². The number of aromatic nitrogens is 3. The normalized spacial score (nSPS) is 17.8. The molecular weight excluding hydrogens is 574 g/mol. The molecule has 1 unspecified atom stereocenters. The number of anilines is 1. The third-order valence-electron chi connectivity index (χ3n) is 8.34. The zero-order valence-corrected chi connectivity index (χ0v) is 26.0. The molecule has 6 rings (SSSR count). The van der Waals surface area contributed by atoms with E-state index in [1.54, 1.807) is 0 Å². The van der Waals surface area contributed by atoms with E-state index in [1.165, 1.54) is 27.9 Å². The van der Waals surface area contributed by atoms with Gasteiger partial charge in [0, 0.05) is 48.8 Å². The van der Waals surface area contributed by atoms with Crippen LogP contribution in [0.25, 0.3) is 10.9 Å². The van der Waals surface area contributed by atoms with E-state index in [0.29, 0.717) is 0 Å². The molecule has 1 fully saturated rings. The third-order valence-corrected chi connectivity index (χ3v) is 8.78. The Bertz CT molecular complexity index is 1460. The van der Waals surface area contributed by atoms with Gasteiger partial charge < -0.3 is 10.2 Å². The monoisotopic (exact) mass is 613 g/mol. The summed E-state index contributed by atoms with van der Waals surface area (Å²) in [7, 11) is 4.23. The molecule has 0 saturated carbocycles. The molecule has 1 saturated heterocycles. The maximum Gasteiger partial charge on any atom is 0.145 e.